The summed E-state index contributed by atoms with van der Waals surface area (Å²) in [6, 6.07) is 5.75. The lowest BCUT2D eigenvalue weighted by molar-refractivity contribution is 0.189. The second-order valence-corrected chi connectivity index (χ2v) is 5.35. The van der Waals surface area contributed by atoms with Gasteiger partial charge in [-0.1, -0.05) is 23.2 Å². The fourth-order valence-electron chi connectivity index (χ4n) is 2.11. The van der Waals surface area contributed by atoms with Crippen molar-refractivity contribution in [1.29, 1.82) is 0 Å². The van der Waals surface area contributed by atoms with Crippen molar-refractivity contribution in [3.05, 3.63) is 45.7 Å². The molecule has 0 aliphatic heterocycles. The maximum Gasteiger partial charge on any atom is 0.131 e. The third-order valence-corrected chi connectivity index (χ3v) is 3.73. The van der Waals surface area contributed by atoms with Crippen molar-refractivity contribution in [1.82, 2.24) is 9.78 Å². The van der Waals surface area contributed by atoms with Crippen LogP contribution >= 0.6 is 11.6 Å². The van der Waals surface area contributed by atoms with Crippen LogP contribution in [0.4, 0.5) is 0 Å². The largest absolute Gasteiger partial charge is 0.487 e. The van der Waals surface area contributed by atoms with Gasteiger partial charge in [-0.3, -0.25) is 4.68 Å². The van der Waals surface area contributed by atoms with Gasteiger partial charge in [0.1, 0.15) is 12.4 Å². The summed E-state index contributed by atoms with van der Waals surface area (Å²) >= 11 is 6.20. The molecule has 0 saturated heterocycles. The first-order valence-corrected chi connectivity index (χ1v) is 6.87. The molecule has 5 heteroatoms. The Labute approximate surface area is 123 Å². The normalized spacial score (nSPS) is 12.5. The number of aliphatic hydroxyl groups excluding tert-OH is 1. The first kappa shape index (κ1) is 14.9. The van der Waals surface area contributed by atoms with E-state index in [4.69, 9.17) is 16.3 Å². The van der Waals surface area contributed by atoms with E-state index < -0.39 is 6.10 Å². The third-order valence-electron chi connectivity index (χ3n) is 3.24. The van der Waals surface area contributed by atoms with Crippen LogP contribution in [0, 0.1) is 13.8 Å². The predicted octanol–water partition coefficient (Wildman–Crippen LogP) is 3.32. The minimum Gasteiger partial charge on any atom is -0.487 e. The Morgan fingerprint density at radius 3 is 2.65 bits per heavy atom. The molecular weight excluding hydrogens is 276 g/mol. The molecule has 1 aromatic carbocycles. The average molecular weight is 295 g/mol. The molecule has 0 unspecified atom stereocenters. The molecule has 0 bridgehead atoms. The molecule has 0 aliphatic carbocycles. The lowest BCUT2D eigenvalue weighted by atomic mass is 10.1. The van der Waals surface area contributed by atoms with E-state index in [1.807, 2.05) is 39.1 Å². The first-order chi connectivity index (χ1) is 9.40. The van der Waals surface area contributed by atoms with Crippen LogP contribution in [0.1, 0.15) is 35.5 Å². The van der Waals surface area contributed by atoms with Gasteiger partial charge in [0.15, 0.2) is 0 Å². The maximum absolute atomic E-state index is 9.82. The Balaban J connectivity index is 2.23. The second-order valence-electron chi connectivity index (χ2n) is 4.98. The lowest BCUT2D eigenvalue weighted by Gasteiger charge is -2.14. The molecule has 0 aliphatic rings. The van der Waals surface area contributed by atoms with E-state index >= 15 is 0 Å². The van der Waals surface area contributed by atoms with Gasteiger partial charge in [-0.25, -0.2) is 0 Å². The van der Waals surface area contributed by atoms with Crippen molar-refractivity contribution in [3.8, 4) is 5.75 Å². The summed E-state index contributed by atoms with van der Waals surface area (Å²) in [6.07, 6.45) is -0.575. The van der Waals surface area contributed by atoms with Crippen molar-refractivity contribution in [2.75, 3.05) is 0 Å². The summed E-state index contributed by atoms with van der Waals surface area (Å²) in [4.78, 5) is 0. The number of hydrogen-bond acceptors (Lipinski definition) is 3. The van der Waals surface area contributed by atoms with Gasteiger partial charge >= 0.3 is 0 Å². The first-order valence-electron chi connectivity index (χ1n) is 6.49. The molecule has 0 spiro atoms. The van der Waals surface area contributed by atoms with Crippen LogP contribution in [-0.2, 0) is 13.7 Å². The highest BCUT2D eigenvalue weighted by Crippen LogP contribution is 2.28. The molecule has 1 heterocycles. The van der Waals surface area contributed by atoms with Crippen molar-refractivity contribution in [3.63, 3.8) is 0 Å². The Kier molecular flexibility index (Phi) is 4.35. The summed E-state index contributed by atoms with van der Waals surface area (Å²) < 4.78 is 7.53. The minimum atomic E-state index is -0.575. The summed E-state index contributed by atoms with van der Waals surface area (Å²) in [5.41, 5.74) is 3.47. The molecule has 1 atom stereocenters. The van der Waals surface area contributed by atoms with Crippen LogP contribution in [0.5, 0.6) is 5.75 Å². The number of ether oxygens (including phenoxy) is 1. The van der Waals surface area contributed by atoms with Crippen molar-refractivity contribution in [2.45, 2.75) is 33.5 Å². The highest BCUT2D eigenvalue weighted by atomic mass is 35.5. The molecule has 108 valence electrons. The average Bonchev–Trinajstić information content (AvgIpc) is 2.62. The molecule has 1 aromatic heterocycles. The number of benzene rings is 1. The van der Waals surface area contributed by atoms with Crippen LogP contribution in [-0.4, -0.2) is 14.9 Å². The zero-order chi connectivity index (χ0) is 14.9. The SMILES string of the molecule is Cc1ccc(OCc2c(Cl)c(C)nn2C)c([C@H](C)O)c1. The Morgan fingerprint density at radius 2 is 2.10 bits per heavy atom. The summed E-state index contributed by atoms with van der Waals surface area (Å²) in [6.45, 7) is 5.89. The van der Waals surface area contributed by atoms with Gasteiger partial charge in [0.2, 0.25) is 0 Å². The maximum atomic E-state index is 9.82. The second kappa shape index (κ2) is 5.85. The molecule has 0 amide bonds. The fraction of sp³-hybridized carbons (Fsp3) is 0.400. The van der Waals surface area contributed by atoms with E-state index in [9.17, 15) is 5.11 Å². The summed E-state index contributed by atoms with van der Waals surface area (Å²) in [5, 5.41) is 14.7. The zero-order valence-corrected chi connectivity index (χ0v) is 12.9. The molecule has 2 rings (SSSR count). The van der Waals surface area contributed by atoms with Crippen LogP contribution in [0.15, 0.2) is 18.2 Å². The van der Waals surface area contributed by atoms with Gasteiger partial charge in [-0.15, -0.1) is 0 Å². The number of aliphatic hydroxyl groups is 1. The van der Waals surface area contributed by atoms with Gasteiger partial charge in [0, 0.05) is 12.6 Å². The predicted molar refractivity (Wildman–Crippen MR) is 79.1 cm³/mol. The van der Waals surface area contributed by atoms with Crippen molar-refractivity contribution < 1.29 is 9.84 Å². The molecule has 2 aromatic rings. The highest BCUT2D eigenvalue weighted by molar-refractivity contribution is 6.31. The van der Waals surface area contributed by atoms with Crippen LogP contribution in [0.25, 0.3) is 0 Å². The lowest BCUT2D eigenvalue weighted by Crippen LogP contribution is -2.06. The number of hydrogen-bond donors (Lipinski definition) is 1. The van der Waals surface area contributed by atoms with E-state index in [1.54, 1.807) is 11.6 Å². The smallest absolute Gasteiger partial charge is 0.131 e. The third kappa shape index (κ3) is 2.97. The number of halogens is 1. The van der Waals surface area contributed by atoms with Gasteiger partial charge in [-0.2, -0.15) is 5.10 Å². The Hall–Kier alpha value is -1.52. The monoisotopic (exact) mass is 294 g/mol. The topological polar surface area (TPSA) is 47.3 Å². The van der Waals surface area contributed by atoms with Gasteiger partial charge < -0.3 is 9.84 Å². The number of nitrogens with zero attached hydrogens (tertiary/aromatic N) is 2. The molecule has 20 heavy (non-hydrogen) atoms. The van der Waals surface area contributed by atoms with Crippen LogP contribution < -0.4 is 4.74 Å². The van der Waals surface area contributed by atoms with Gasteiger partial charge in [0.05, 0.1) is 22.5 Å². The van der Waals surface area contributed by atoms with Crippen LogP contribution in [0.3, 0.4) is 0 Å². The van der Waals surface area contributed by atoms with E-state index in [0.717, 1.165) is 22.5 Å². The van der Waals surface area contributed by atoms with Gasteiger partial charge in [-0.05, 0) is 32.9 Å². The number of aromatic nitrogens is 2. The van der Waals surface area contributed by atoms with E-state index in [-0.39, 0.29) is 0 Å². The molecule has 0 fully saturated rings. The van der Waals surface area contributed by atoms with E-state index in [0.29, 0.717) is 17.4 Å². The van der Waals surface area contributed by atoms with Gasteiger partial charge in [0.25, 0.3) is 0 Å². The molecule has 0 radical (unpaired) electrons. The Morgan fingerprint density at radius 1 is 1.40 bits per heavy atom. The number of rotatable bonds is 4. The quantitative estimate of drug-likeness (QED) is 0.941. The van der Waals surface area contributed by atoms with Crippen molar-refractivity contribution >= 4 is 11.6 Å². The van der Waals surface area contributed by atoms with Crippen molar-refractivity contribution in [2.24, 2.45) is 7.05 Å². The minimum absolute atomic E-state index is 0.318. The summed E-state index contributed by atoms with van der Waals surface area (Å²) in [5.74, 6) is 0.667. The fourth-order valence-corrected chi connectivity index (χ4v) is 2.32. The molecule has 0 saturated carbocycles. The number of aryl methyl sites for hydroxylation is 3. The van der Waals surface area contributed by atoms with E-state index in [2.05, 4.69) is 5.10 Å². The van der Waals surface area contributed by atoms with E-state index in [1.165, 1.54) is 0 Å². The Bertz CT molecular complexity index is 621. The molecular formula is C15H19ClN2O2. The summed E-state index contributed by atoms with van der Waals surface area (Å²) in [7, 11) is 1.84. The zero-order valence-electron chi connectivity index (χ0n) is 12.1. The highest BCUT2D eigenvalue weighted by Gasteiger charge is 2.14. The van der Waals surface area contributed by atoms with Crippen LogP contribution in [0.2, 0.25) is 5.02 Å². The standard InChI is InChI=1S/C15H19ClN2O2/c1-9-5-6-14(12(7-9)11(3)19)20-8-13-15(16)10(2)17-18(13)4/h5-7,11,19H,8H2,1-4H3/t11-/m0/s1. The molecule has 1 N–H and O–H groups in total. The molecule has 4 nitrogen and oxygen atoms in total.